The van der Waals surface area contributed by atoms with E-state index in [2.05, 4.69) is 192 Å². The maximum absolute atomic E-state index is 6.22. The lowest BCUT2D eigenvalue weighted by molar-refractivity contribution is 0.654. The van der Waals surface area contributed by atoms with Crippen LogP contribution < -0.4 is 4.90 Å². The van der Waals surface area contributed by atoms with Gasteiger partial charge in [0.1, 0.15) is 5.58 Å². The summed E-state index contributed by atoms with van der Waals surface area (Å²) in [4.78, 5) is 6.86. The van der Waals surface area contributed by atoms with Crippen molar-refractivity contribution in [2.24, 2.45) is 0 Å². The van der Waals surface area contributed by atoms with Gasteiger partial charge in [0.15, 0.2) is 0 Å². The van der Waals surface area contributed by atoms with Gasteiger partial charge in [0.25, 0.3) is 0 Å². The minimum absolute atomic E-state index is 0.660. The van der Waals surface area contributed by atoms with Crippen molar-refractivity contribution in [1.82, 2.24) is 4.98 Å². The number of furan rings is 1. The second-order valence-corrected chi connectivity index (χ2v) is 13.2. The first-order chi connectivity index (χ1) is 25.8. The average molecular weight is 665 g/mol. The summed E-state index contributed by atoms with van der Waals surface area (Å²) in [5, 5.41) is 6.83. The first kappa shape index (κ1) is 29.9. The fourth-order valence-corrected chi connectivity index (χ4v) is 7.67. The molecule has 8 aromatic carbocycles. The molecule has 2 aromatic heterocycles. The third-order valence-corrected chi connectivity index (χ3v) is 10.1. The van der Waals surface area contributed by atoms with Crippen molar-refractivity contribution >= 4 is 60.7 Å². The van der Waals surface area contributed by atoms with E-state index in [0.29, 0.717) is 5.71 Å². The smallest absolute Gasteiger partial charge is 0.227 e. The quantitative estimate of drug-likeness (QED) is 0.177. The number of para-hydroxylation sites is 1. The van der Waals surface area contributed by atoms with E-state index in [9.17, 15) is 0 Å². The highest BCUT2D eigenvalue weighted by Crippen LogP contribution is 2.44. The van der Waals surface area contributed by atoms with Crippen molar-refractivity contribution in [1.29, 1.82) is 0 Å². The Kier molecular flexibility index (Phi) is 7.14. The molecule has 3 heteroatoms. The average Bonchev–Trinajstić information content (AvgIpc) is 3.58. The minimum atomic E-state index is 0.660. The Morgan fingerprint density at radius 2 is 1.02 bits per heavy atom. The first-order valence-electron chi connectivity index (χ1n) is 17.6. The molecule has 0 aliphatic carbocycles. The van der Waals surface area contributed by atoms with Gasteiger partial charge in [-0.15, -0.1) is 0 Å². The molecule has 0 saturated carbocycles. The highest BCUT2D eigenvalue weighted by molar-refractivity contribution is 6.10. The Hall–Kier alpha value is -6.97. The topological polar surface area (TPSA) is 29.3 Å². The standard InChI is InChI=1S/C49H32N2O/c1-3-13-33(14-4-1)40-26-27-41(44-21-8-7-20-43(40)44)36-17-11-18-38(29-36)51(47-23-10-9-19-42(47)34-15-5-2-6-16-34)39-25-24-35-31-46-45-22-12-28-50-49(45)52-48(46)32-37(35)30-39/h1-32H. The lowest BCUT2D eigenvalue weighted by atomic mass is 9.92. The Morgan fingerprint density at radius 1 is 0.385 bits per heavy atom. The number of nitrogens with zero attached hydrogens (tertiary/aromatic N) is 2. The predicted octanol–water partition coefficient (Wildman–Crippen LogP) is 13.8. The molecular formula is C49H32N2O. The van der Waals surface area contributed by atoms with Crippen LogP contribution in [0.25, 0.3) is 77.0 Å². The van der Waals surface area contributed by atoms with Crippen molar-refractivity contribution in [2.75, 3.05) is 4.90 Å². The van der Waals surface area contributed by atoms with Crippen molar-refractivity contribution in [3.05, 3.63) is 194 Å². The van der Waals surface area contributed by atoms with Crippen molar-refractivity contribution in [3.8, 4) is 33.4 Å². The summed E-state index contributed by atoms with van der Waals surface area (Å²) in [6.07, 6.45) is 1.78. The lowest BCUT2D eigenvalue weighted by Crippen LogP contribution is -2.11. The number of pyridine rings is 1. The number of rotatable bonds is 6. The van der Waals surface area contributed by atoms with Gasteiger partial charge in [-0.05, 0) is 104 Å². The molecule has 0 radical (unpaired) electrons. The lowest BCUT2D eigenvalue weighted by Gasteiger charge is -2.28. The number of fused-ring (bicyclic) bond motifs is 5. The molecule has 0 amide bonds. The van der Waals surface area contributed by atoms with Crippen LogP contribution in [-0.4, -0.2) is 4.98 Å². The van der Waals surface area contributed by atoms with Gasteiger partial charge in [-0.1, -0.05) is 133 Å². The van der Waals surface area contributed by atoms with Crippen molar-refractivity contribution in [2.45, 2.75) is 0 Å². The maximum Gasteiger partial charge on any atom is 0.227 e. The van der Waals surface area contributed by atoms with E-state index in [1.165, 1.54) is 33.0 Å². The van der Waals surface area contributed by atoms with Gasteiger partial charge in [0, 0.05) is 33.9 Å². The number of aromatic nitrogens is 1. The Labute approximate surface area is 301 Å². The van der Waals surface area contributed by atoms with Crippen LogP contribution in [0.5, 0.6) is 0 Å². The molecular weight excluding hydrogens is 633 g/mol. The molecule has 0 bridgehead atoms. The third-order valence-electron chi connectivity index (χ3n) is 10.1. The third kappa shape index (κ3) is 5.10. The van der Waals surface area contributed by atoms with Gasteiger partial charge in [0.05, 0.1) is 5.69 Å². The monoisotopic (exact) mass is 664 g/mol. The summed E-state index contributed by atoms with van der Waals surface area (Å²) in [5.74, 6) is 0. The number of anilines is 3. The highest BCUT2D eigenvalue weighted by atomic mass is 16.3. The Balaban J connectivity index is 1.17. The van der Waals surface area contributed by atoms with Crippen molar-refractivity contribution in [3.63, 3.8) is 0 Å². The van der Waals surface area contributed by atoms with Crippen molar-refractivity contribution < 1.29 is 4.42 Å². The molecule has 2 heterocycles. The maximum atomic E-state index is 6.22. The molecule has 0 N–H and O–H groups in total. The normalized spacial score (nSPS) is 11.5. The molecule has 0 atom stereocenters. The zero-order chi connectivity index (χ0) is 34.4. The Bertz CT molecular complexity index is 2910. The molecule has 0 aliphatic heterocycles. The molecule has 244 valence electrons. The molecule has 0 saturated heterocycles. The SMILES string of the molecule is c1ccc(-c2ccccc2N(c2cccc(-c3ccc(-c4ccccc4)c4ccccc34)c2)c2ccc3cc4c(cc3c2)oc2ncccc24)cc1. The number of hydrogen-bond acceptors (Lipinski definition) is 3. The second kappa shape index (κ2) is 12.4. The van der Waals surface area contributed by atoms with Crippen LogP contribution in [0.3, 0.4) is 0 Å². The van der Waals surface area contributed by atoms with Gasteiger partial charge in [-0.2, -0.15) is 0 Å². The summed E-state index contributed by atoms with van der Waals surface area (Å²) in [6.45, 7) is 0. The van der Waals surface area contributed by atoms with Crippen LogP contribution in [0, 0.1) is 0 Å². The van der Waals surface area contributed by atoms with Crippen LogP contribution >= 0.6 is 0 Å². The van der Waals surface area contributed by atoms with Gasteiger partial charge < -0.3 is 9.32 Å². The molecule has 3 nitrogen and oxygen atoms in total. The fourth-order valence-electron chi connectivity index (χ4n) is 7.67. The molecule has 52 heavy (non-hydrogen) atoms. The second-order valence-electron chi connectivity index (χ2n) is 13.2. The van der Waals surface area contributed by atoms with Crippen LogP contribution in [0.15, 0.2) is 199 Å². The predicted molar refractivity (Wildman–Crippen MR) is 218 cm³/mol. The van der Waals surface area contributed by atoms with Crippen LogP contribution in [0.1, 0.15) is 0 Å². The number of benzene rings is 8. The largest absolute Gasteiger partial charge is 0.438 e. The minimum Gasteiger partial charge on any atom is -0.438 e. The van der Waals surface area contributed by atoms with E-state index in [-0.39, 0.29) is 0 Å². The number of hydrogen-bond donors (Lipinski definition) is 0. The van der Waals surface area contributed by atoms with E-state index < -0.39 is 0 Å². The van der Waals surface area contributed by atoms with Crippen LogP contribution in [-0.2, 0) is 0 Å². The molecule has 0 fully saturated rings. The summed E-state index contributed by atoms with van der Waals surface area (Å²) in [7, 11) is 0. The van der Waals surface area contributed by atoms with Crippen LogP contribution in [0.2, 0.25) is 0 Å². The zero-order valence-electron chi connectivity index (χ0n) is 28.3. The summed E-state index contributed by atoms with van der Waals surface area (Å²) in [5.41, 5.74) is 11.9. The van der Waals surface area contributed by atoms with E-state index in [4.69, 9.17) is 4.42 Å². The zero-order valence-corrected chi connectivity index (χ0v) is 28.3. The first-order valence-corrected chi connectivity index (χ1v) is 17.6. The van der Waals surface area contributed by atoms with Gasteiger partial charge in [-0.25, -0.2) is 4.98 Å². The summed E-state index contributed by atoms with van der Waals surface area (Å²) < 4.78 is 6.22. The molecule has 0 spiro atoms. The molecule has 0 aliphatic rings. The van der Waals surface area contributed by atoms with E-state index in [0.717, 1.165) is 55.3 Å². The summed E-state index contributed by atoms with van der Waals surface area (Å²) in [6, 6.07) is 67.3. The van der Waals surface area contributed by atoms with E-state index in [1.807, 2.05) is 6.07 Å². The van der Waals surface area contributed by atoms with Gasteiger partial charge >= 0.3 is 0 Å². The van der Waals surface area contributed by atoms with Gasteiger partial charge in [-0.3, -0.25) is 0 Å². The van der Waals surface area contributed by atoms with Gasteiger partial charge in [0.2, 0.25) is 5.71 Å². The van der Waals surface area contributed by atoms with E-state index in [1.54, 1.807) is 6.20 Å². The molecule has 10 rings (SSSR count). The fraction of sp³-hybridized carbons (Fsp3) is 0. The molecule has 0 unspecified atom stereocenters. The summed E-state index contributed by atoms with van der Waals surface area (Å²) >= 11 is 0. The molecule has 10 aromatic rings. The Morgan fingerprint density at radius 3 is 1.81 bits per heavy atom. The van der Waals surface area contributed by atoms with Crippen LogP contribution in [0.4, 0.5) is 17.1 Å². The highest BCUT2D eigenvalue weighted by Gasteiger charge is 2.19. The van der Waals surface area contributed by atoms with E-state index >= 15 is 0 Å².